The van der Waals surface area contributed by atoms with Crippen molar-refractivity contribution in [3.8, 4) is 0 Å². The highest BCUT2D eigenvalue weighted by molar-refractivity contribution is 7.89. The Morgan fingerprint density at radius 1 is 1.10 bits per heavy atom. The zero-order chi connectivity index (χ0) is 15.3. The summed E-state index contributed by atoms with van der Waals surface area (Å²) in [5.41, 5.74) is 0.455. The third kappa shape index (κ3) is 3.02. The van der Waals surface area contributed by atoms with Crippen molar-refractivity contribution in [3.05, 3.63) is 0 Å². The van der Waals surface area contributed by atoms with Crippen molar-refractivity contribution in [3.63, 3.8) is 0 Å². The highest BCUT2D eigenvalue weighted by atomic mass is 32.2. The third-order valence-electron chi connectivity index (χ3n) is 6.37. The molecule has 0 heterocycles. The van der Waals surface area contributed by atoms with Crippen LogP contribution in [0, 0.1) is 23.2 Å². The SMILES string of the molecule is CC(NCCS(=O)(=O)N(C)C)C12CC3CC(CC(C3)C1)C2. The normalized spacial score (nSPS) is 39.9. The van der Waals surface area contributed by atoms with Crippen LogP contribution in [0.5, 0.6) is 0 Å². The molecule has 21 heavy (non-hydrogen) atoms. The molecule has 0 radical (unpaired) electrons. The van der Waals surface area contributed by atoms with Gasteiger partial charge in [0.25, 0.3) is 0 Å². The van der Waals surface area contributed by atoms with E-state index in [9.17, 15) is 8.42 Å². The first kappa shape index (κ1) is 15.8. The molecule has 0 amide bonds. The second-order valence-corrected chi connectivity index (χ2v) is 10.4. The minimum Gasteiger partial charge on any atom is -0.313 e. The van der Waals surface area contributed by atoms with Gasteiger partial charge >= 0.3 is 0 Å². The molecule has 0 aromatic heterocycles. The summed E-state index contributed by atoms with van der Waals surface area (Å²) in [6, 6.07) is 0.447. The first-order chi connectivity index (χ1) is 9.81. The number of rotatable bonds is 6. The van der Waals surface area contributed by atoms with Gasteiger partial charge in [-0.15, -0.1) is 0 Å². The number of hydrogen-bond acceptors (Lipinski definition) is 3. The Morgan fingerprint density at radius 3 is 2.00 bits per heavy atom. The number of sulfonamides is 1. The van der Waals surface area contributed by atoms with Crippen LogP contribution in [0.1, 0.15) is 45.4 Å². The van der Waals surface area contributed by atoms with Crippen LogP contribution in [0.4, 0.5) is 0 Å². The van der Waals surface area contributed by atoms with Gasteiger partial charge in [-0.05, 0) is 68.6 Å². The minimum absolute atomic E-state index is 0.205. The maximum atomic E-state index is 11.8. The van der Waals surface area contributed by atoms with Crippen LogP contribution in [-0.2, 0) is 10.0 Å². The summed E-state index contributed by atoms with van der Waals surface area (Å²) in [5, 5.41) is 3.54. The Morgan fingerprint density at radius 2 is 1.57 bits per heavy atom. The molecule has 1 atom stereocenters. The molecule has 5 heteroatoms. The Hall–Kier alpha value is -0.130. The second kappa shape index (κ2) is 5.50. The van der Waals surface area contributed by atoms with Crippen LogP contribution < -0.4 is 5.32 Å². The third-order valence-corrected chi connectivity index (χ3v) is 8.20. The van der Waals surface area contributed by atoms with Gasteiger partial charge in [-0.25, -0.2) is 12.7 Å². The summed E-state index contributed by atoms with van der Waals surface area (Å²) >= 11 is 0. The molecule has 0 saturated heterocycles. The first-order valence-corrected chi connectivity index (χ1v) is 10.1. The quantitative estimate of drug-likeness (QED) is 0.816. The fourth-order valence-corrected chi connectivity index (χ4v) is 6.25. The average molecular weight is 314 g/mol. The van der Waals surface area contributed by atoms with Gasteiger partial charge in [-0.2, -0.15) is 0 Å². The van der Waals surface area contributed by atoms with Crippen molar-refractivity contribution in [2.45, 2.75) is 51.5 Å². The summed E-state index contributed by atoms with van der Waals surface area (Å²) in [5.74, 6) is 3.06. The predicted molar refractivity (Wildman–Crippen MR) is 85.5 cm³/mol. The zero-order valence-electron chi connectivity index (χ0n) is 13.6. The lowest BCUT2D eigenvalue weighted by molar-refractivity contribution is -0.0700. The molecule has 0 aromatic carbocycles. The van der Waals surface area contributed by atoms with Gasteiger partial charge in [-0.3, -0.25) is 0 Å². The van der Waals surface area contributed by atoms with E-state index in [1.54, 1.807) is 14.1 Å². The molecule has 4 nitrogen and oxygen atoms in total. The van der Waals surface area contributed by atoms with Crippen LogP contribution in [0.15, 0.2) is 0 Å². The van der Waals surface area contributed by atoms with Crippen molar-refractivity contribution in [2.24, 2.45) is 23.2 Å². The van der Waals surface area contributed by atoms with E-state index in [4.69, 9.17) is 0 Å². The fraction of sp³-hybridized carbons (Fsp3) is 1.00. The van der Waals surface area contributed by atoms with Crippen LogP contribution in [-0.4, -0.2) is 45.2 Å². The van der Waals surface area contributed by atoms with Gasteiger partial charge in [0.2, 0.25) is 10.0 Å². The van der Waals surface area contributed by atoms with Crippen LogP contribution in [0.25, 0.3) is 0 Å². The van der Waals surface area contributed by atoms with Gasteiger partial charge in [0.05, 0.1) is 5.75 Å². The molecule has 4 aliphatic rings. The maximum absolute atomic E-state index is 11.8. The Bertz CT molecular complexity index is 451. The monoisotopic (exact) mass is 314 g/mol. The van der Waals surface area contributed by atoms with Gasteiger partial charge in [0.15, 0.2) is 0 Å². The number of nitrogens with zero attached hydrogens (tertiary/aromatic N) is 1. The molecule has 1 N–H and O–H groups in total. The largest absolute Gasteiger partial charge is 0.313 e. The van der Waals surface area contributed by atoms with Gasteiger partial charge < -0.3 is 5.32 Å². The van der Waals surface area contributed by atoms with Gasteiger partial charge in [-0.1, -0.05) is 0 Å². The number of nitrogens with one attached hydrogen (secondary N) is 1. The highest BCUT2D eigenvalue weighted by Gasteiger charge is 2.52. The molecule has 1 unspecified atom stereocenters. The molecule has 0 aromatic rings. The van der Waals surface area contributed by atoms with E-state index in [0.717, 1.165) is 17.8 Å². The van der Waals surface area contributed by atoms with Crippen molar-refractivity contribution >= 4 is 10.0 Å². The van der Waals surface area contributed by atoms with Crippen molar-refractivity contribution in [1.82, 2.24) is 9.62 Å². The smallest absolute Gasteiger partial charge is 0.214 e. The van der Waals surface area contributed by atoms with Crippen LogP contribution in [0.3, 0.4) is 0 Å². The average Bonchev–Trinajstić information content (AvgIpc) is 2.36. The summed E-state index contributed by atoms with van der Waals surface area (Å²) < 4.78 is 25.0. The molecule has 4 bridgehead atoms. The van der Waals surface area contributed by atoms with E-state index >= 15 is 0 Å². The second-order valence-electron chi connectivity index (χ2n) is 8.05. The summed E-state index contributed by atoms with van der Waals surface area (Å²) in [6.45, 7) is 2.86. The summed E-state index contributed by atoms with van der Waals surface area (Å²) in [7, 11) is 0.139. The lowest BCUT2D eigenvalue weighted by Gasteiger charge is -2.59. The lowest BCUT2D eigenvalue weighted by Crippen LogP contribution is -2.55. The summed E-state index contributed by atoms with van der Waals surface area (Å²) in [6.07, 6.45) is 8.48. The van der Waals surface area contributed by atoms with Crippen LogP contribution >= 0.6 is 0 Å². The standard InChI is InChI=1S/C16H30N2O2S/c1-12(17-4-5-21(19,20)18(2)3)16-9-13-6-14(10-16)8-15(7-13)11-16/h12-15,17H,4-11H2,1-3H3. The molecular formula is C16H30N2O2S. The molecular weight excluding hydrogens is 284 g/mol. The molecule has 4 rings (SSSR count). The number of hydrogen-bond donors (Lipinski definition) is 1. The Labute approximate surface area is 129 Å². The van der Waals surface area contributed by atoms with E-state index in [2.05, 4.69) is 12.2 Å². The zero-order valence-corrected chi connectivity index (χ0v) is 14.5. The molecule has 0 spiro atoms. The molecule has 4 saturated carbocycles. The van der Waals surface area contributed by atoms with Crippen molar-refractivity contribution in [1.29, 1.82) is 0 Å². The first-order valence-electron chi connectivity index (χ1n) is 8.44. The van der Waals surface area contributed by atoms with Crippen LogP contribution in [0.2, 0.25) is 0 Å². The van der Waals surface area contributed by atoms with Crippen molar-refractivity contribution < 1.29 is 8.42 Å². The van der Waals surface area contributed by atoms with Gasteiger partial charge in [0, 0.05) is 26.7 Å². The highest BCUT2D eigenvalue weighted by Crippen LogP contribution is 2.61. The molecule has 0 aliphatic heterocycles. The predicted octanol–water partition coefficient (Wildman–Crippen LogP) is 2.07. The molecule has 4 aliphatic carbocycles. The van der Waals surface area contributed by atoms with E-state index in [-0.39, 0.29) is 5.75 Å². The lowest BCUT2D eigenvalue weighted by atomic mass is 9.48. The fourth-order valence-electron chi connectivity index (χ4n) is 5.51. The topological polar surface area (TPSA) is 49.4 Å². The van der Waals surface area contributed by atoms with E-state index in [1.165, 1.54) is 42.8 Å². The summed E-state index contributed by atoms with van der Waals surface area (Å²) in [4.78, 5) is 0. The van der Waals surface area contributed by atoms with E-state index in [1.807, 2.05) is 0 Å². The van der Waals surface area contributed by atoms with Crippen molar-refractivity contribution in [2.75, 3.05) is 26.4 Å². The molecule has 4 fully saturated rings. The maximum Gasteiger partial charge on any atom is 0.214 e. The molecule has 122 valence electrons. The Kier molecular flexibility index (Phi) is 4.13. The van der Waals surface area contributed by atoms with E-state index in [0.29, 0.717) is 18.0 Å². The minimum atomic E-state index is -3.08. The van der Waals surface area contributed by atoms with E-state index < -0.39 is 10.0 Å². The van der Waals surface area contributed by atoms with Gasteiger partial charge in [0.1, 0.15) is 0 Å². The Balaban J connectivity index is 1.57.